The van der Waals surface area contributed by atoms with Gasteiger partial charge in [-0.2, -0.15) is 0 Å². The number of ether oxygens (including phenoxy) is 1. The third-order valence-electron chi connectivity index (χ3n) is 5.42. The number of rotatable bonds is 2. The zero-order chi connectivity index (χ0) is 17.3. The molecule has 4 rings (SSSR count). The summed E-state index contributed by atoms with van der Waals surface area (Å²) >= 11 is 0. The fraction of sp³-hybridized carbons (Fsp3) is 0.450. The van der Waals surface area contributed by atoms with Crippen LogP contribution in [0, 0.1) is 5.82 Å². The van der Waals surface area contributed by atoms with E-state index in [9.17, 15) is 9.50 Å². The van der Waals surface area contributed by atoms with Gasteiger partial charge in [0.25, 0.3) is 0 Å². The molecule has 132 valence electrons. The van der Waals surface area contributed by atoms with Gasteiger partial charge in [-0.1, -0.05) is 30.3 Å². The Morgan fingerprint density at radius 1 is 1.16 bits per heavy atom. The molecule has 0 amide bonds. The Morgan fingerprint density at radius 3 is 2.64 bits per heavy atom. The number of benzene rings is 1. The minimum absolute atomic E-state index is 0.0749. The predicted octanol–water partition coefficient (Wildman–Crippen LogP) is 3.47. The molecule has 4 nitrogen and oxygen atoms in total. The van der Waals surface area contributed by atoms with E-state index in [0.29, 0.717) is 18.5 Å². The molecule has 25 heavy (non-hydrogen) atoms. The fourth-order valence-corrected chi connectivity index (χ4v) is 4.13. The third-order valence-corrected chi connectivity index (χ3v) is 5.42. The molecule has 2 aliphatic heterocycles. The van der Waals surface area contributed by atoms with Crippen LogP contribution in [0.3, 0.4) is 0 Å². The molecule has 1 aromatic carbocycles. The summed E-state index contributed by atoms with van der Waals surface area (Å²) in [4.78, 5) is 5.86. The zero-order valence-corrected chi connectivity index (χ0v) is 14.1. The molecule has 0 bridgehead atoms. The van der Waals surface area contributed by atoms with E-state index in [0.717, 1.165) is 31.5 Å². The van der Waals surface area contributed by atoms with Gasteiger partial charge in [-0.3, -0.25) is 4.98 Å². The Balaban J connectivity index is 1.49. The van der Waals surface area contributed by atoms with Crippen LogP contribution >= 0.6 is 0 Å². The molecule has 1 aromatic heterocycles. The van der Waals surface area contributed by atoms with Gasteiger partial charge in [0.1, 0.15) is 0 Å². The molecule has 3 heterocycles. The highest BCUT2D eigenvalue weighted by Crippen LogP contribution is 2.43. The van der Waals surface area contributed by atoms with E-state index >= 15 is 0 Å². The molecule has 1 N–H and O–H groups in total. The van der Waals surface area contributed by atoms with Crippen LogP contribution in [0.25, 0.3) is 0 Å². The van der Waals surface area contributed by atoms with Gasteiger partial charge in [0.05, 0.1) is 29.7 Å². The second-order valence-corrected chi connectivity index (χ2v) is 7.11. The third kappa shape index (κ3) is 3.39. The number of aliphatic hydroxyl groups excluding tert-OH is 1. The summed E-state index contributed by atoms with van der Waals surface area (Å²) < 4.78 is 20.5. The summed E-state index contributed by atoms with van der Waals surface area (Å²) in [6, 6.07) is 11.8. The number of hydrogen-bond donors (Lipinski definition) is 1. The summed E-state index contributed by atoms with van der Waals surface area (Å²) in [7, 11) is 0. The maximum Gasteiger partial charge on any atom is 0.164 e. The number of pyridine rings is 1. The predicted molar refractivity (Wildman–Crippen MR) is 93.9 cm³/mol. The molecule has 0 radical (unpaired) electrons. The lowest BCUT2D eigenvalue weighted by atomic mass is 9.81. The number of aliphatic hydroxyl groups is 1. The highest BCUT2D eigenvalue weighted by Gasteiger charge is 2.43. The molecule has 2 aliphatic rings. The average molecular weight is 342 g/mol. The van der Waals surface area contributed by atoms with E-state index < -0.39 is 0 Å². The minimum atomic E-state index is -0.358. The van der Waals surface area contributed by atoms with Crippen molar-refractivity contribution >= 4 is 5.69 Å². The van der Waals surface area contributed by atoms with Crippen molar-refractivity contribution < 1.29 is 14.2 Å². The minimum Gasteiger partial charge on any atom is -0.393 e. The van der Waals surface area contributed by atoms with Crippen LogP contribution in [0.5, 0.6) is 0 Å². The van der Waals surface area contributed by atoms with Crippen molar-refractivity contribution in [3.63, 3.8) is 0 Å². The van der Waals surface area contributed by atoms with Crippen molar-refractivity contribution in [2.24, 2.45) is 0 Å². The smallest absolute Gasteiger partial charge is 0.164 e. The number of aromatic nitrogens is 1. The maximum absolute atomic E-state index is 14.0. The van der Waals surface area contributed by atoms with Gasteiger partial charge in [-0.25, -0.2) is 4.39 Å². The lowest BCUT2D eigenvalue weighted by Crippen LogP contribution is -2.51. The van der Waals surface area contributed by atoms with Crippen LogP contribution in [-0.4, -0.2) is 34.9 Å². The molecule has 1 spiro atoms. The van der Waals surface area contributed by atoms with E-state index in [2.05, 4.69) is 17.1 Å². The number of piperidine rings is 1. The Morgan fingerprint density at radius 2 is 1.92 bits per heavy atom. The summed E-state index contributed by atoms with van der Waals surface area (Å²) in [6.07, 6.45) is 5.31. The monoisotopic (exact) mass is 342 g/mol. The summed E-state index contributed by atoms with van der Waals surface area (Å²) in [5.41, 5.74) is 1.39. The first-order valence-electron chi connectivity index (χ1n) is 8.90. The first kappa shape index (κ1) is 16.5. The van der Waals surface area contributed by atoms with Crippen LogP contribution in [-0.2, 0) is 4.74 Å². The van der Waals surface area contributed by atoms with Gasteiger partial charge in [0, 0.05) is 32.1 Å². The van der Waals surface area contributed by atoms with Gasteiger partial charge < -0.3 is 14.7 Å². The molecule has 5 heteroatoms. The molecular formula is C20H23FN2O2. The highest BCUT2D eigenvalue weighted by molar-refractivity contribution is 5.46. The standard InChI is InChI=1S/C20H23FN2O2/c21-17-14-22-9-6-18(17)23-10-7-20(8-11-23)13-16(24)12-19(25-20)15-4-2-1-3-5-15/h1-6,9,14,16,19,24H,7-8,10-13H2/t16-,19+/m0/s1. The van der Waals surface area contributed by atoms with Gasteiger partial charge in [-0.05, 0) is 24.5 Å². The van der Waals surface area contributed by atoms with Crippen molar-refractivity contribution in [2.75, 3.05) is 18.0 Å². The van der Waals surface area contributed by atoms with Crippen LogP contribution < -0.4 is 4.90 Å². The van der Waals surface area contributed by atoms with E-state index in [4.69, 9.17) is 4.74 Å². The van der Waals surface area contributed by atoms with Crippen molar-refractivity contribution in [3.8, 4) is 0 Å². The van der Waals surface area contributed by atoms with Gasteiger partial charge in [0.2, 0.25) is 0 Å². The van der Waals surface area contributed by atoms with Gasteiger partial charge >= 0.3 is 0 Å². The van der Waals surface area contributed by atoms with Crippen LogP contribution in [0.15, 0.2) is 48.8 Å². The summed E-state index contributed by atoms with van der Waals surface area (Å²) in [5.74, 6) is -0.287. The van der Waals surface area contributed by atoms with Crippen LogP contribution in [0.2, 0.25) is 0 Å². The van der Waals surface area contributed by atoms with Gasteiger partial charge in [-0.15, -0.1) is 0 Å². The number of nitrogens with zero attached hydrogens (tertiary/aromatic N) is 2. The Labute approximate surface area is 147 Å². The van der Waals surface area contributed by atoms with Crippen molar-refractivity contribution in [1.82, 2.24) is 4.98 Å². The lowest BCUT2D eigenvalue weighted by Gasteiger charge is -2.48. The Kier molecular flexibility index (Phi) is 4.44. The van der Waals surface area contributed by atoms with Crippen molar-refractivity contribution in [3.05, 3.63) is 60.2 Å². The topological polar surface area (TPSA) is 45.6 Å². The molecule has 0 unspecified atom stereocenters. The molecule has 2 saturated heterocycles. The normalized spacial score (nSPS) is 25.9. The molecule has 0 aliphatic carbocycles. The second-order valence-electron chi connectivity index (χ2n) is 7.11. The van der Waals surface area contributed by atoms with E-state index in [1.165, 1.54) is 6.20 Å². The average Bonchev–Trinajstić information content (AvgIpc) is 2.63. The Hall–Kier alpha value is -1.98. The summed E-state index contributed by atoms with van der Waals surface area (Å²) in [5, 5.41) is 10.4. The SMILES string of the molecule is O[C@H]1C[C@H](c2ccccc2)OC2(CCN(c3ccncc3F)CC2)C1. The number of hydrogen-bond acceptors (Lipinski definition) is 4. The van der Waals surface area contributed by atoms with E-state index in [1.807, 2.05) is 23.1 Å². The molecule has 2 aromatic rings. The molecule has 2 fully saturated rings. The Bertz CT molecular complexity index is 717. The largest absolute Gasteiger partial charge is 0.393 e. The first-order valence-corrected chi connectivity index (χ1v) is 8.90. The van der Waals surface area contributed by atoms with Gasteiger partial charge in [0.15, 0.2) is 5.82 Å². The summed E-state index contributed by atoms with van der Waals surface area (Å²) in [6.45, 7) is 1.43. The van der Waals surface area contributed by atoms with Crippen LogP contribution in [0.4, 0.5) is 10.1 Å². The van der Waals surface area contributed by atoms with Crippen molar-refractivity contribution in [2.45, 2.75) is 43.5 Å². The van der Waals surface area contributed by atoms with Crippen LogP contribution in [0.1, 0.15) is 37.4 Å². The maximum atomic E-state index is 14.0. The molecule has 2 atom stereocenters. The highest BCUT2D eigenvalue weighted by atomic mass is 19.1. The second kappa shape index (κ2) is 6.73. The molecular weight excluding hydrogens is 319 g/mol. The number of halogens is 1. The fourth-order valence-electron chi connectivity index (χ4n) is 4.13. The van der Waals surface area contributed by atoms with E-state index in [-0.39, 0.29) is 23.6 Å². The number of anilines is 1. The quantitative estimate of drug-likeness (QED) is 0.908. The van der Waals surface area contributed by atoms with Crippen molar-refractivity contribution in [1.29, 1.82) is 0 Å². The lowest BCUT2D eigenvalue weighted by molar-refractivity contribution is -0.173. The molecule has 0 saturated carbocycles. The zero-order valence-electron chi connectivity index (χ0n) is 14.1. The first-order chi connectivity index (χ1) is 12.2. The van der Waals surface area contributed by atoms with E-state index in [1.54, 1.807) is 12.3 Å².